The molecule has 0 heterocycles. The van der Waals surface area contributed by atoms with E-state index in [1.165, 1.54) is 44.5 Å². The van der Waals surface area contributed by atoms with Crippen molar-refractivity contribution in [1.82, 2.24) is 0 Å². The maximum absolute atomic E-state index is 2.44. The van der Waals surface area contributed by atoms with Crippen LogP contribution in [0.5, 0.6) is 0 Å². The van der Waals surface area contributed by atoms with E-state index in [-0.39, 0.29) is 0 Å². The number of hydrogen-bond donors (Lipinski definition) is 0. The van der Waals surface area contributed by atoms with Gasteiger partial charge >= 0.3 is 0 Å². The van der Waals surface area contributed by atoms with Gasteiger partial charge in [0.1, 0.15) is 0 Å². The van der Waals surface area contributed by atoms with Crippen LogP contribution in [0.2, 0.25) is 0 Å². The molecular formula is C24H28. The lowest BCUT2D eigenvalue weighted by atomic mass is 9.79. The van der Waals surface area contributed by atoms with Crippen molar-refractivity contribution < 1.29 is 0 Å². The van der Waals surface area contributed by atoms with Crippen LogP contribution < -0.4 is 0 Å². The first kappa shape index (κ1) is 16.8. The molecule has 2 aromatic carbocycles. The lowest BCUT2D eigenvalue weighted by Crippen LogP contribution is -2.11. The van der Waals surface area contributed by atoms with E-state index in [1.807, 2.05) is 0 Å². The van der Waals surface area contributed by atoms with Crippen LogP contribution in [0.3, 0.4) is 0 Å². The summed E-state index contributed by atoms with van der Waals surface area (Å²) in [5.74, 6) is 0.821. The quantitative estimate of drug-likeness (QED) is 0.600. The van der Waals surface area contributed by atoms with Gasteiger partial charge in [-0.1, -0.05) is 82.0 Å². The van der Waals surface area contributed by atoms with Crippen molar-refractivity contribution in [1.29, 1.82) is 0 Å². The largest absolute Gasteiger partial charge is 0.0735 e. The summed E-state index contributed by atoms with van der Waals surface area (Å²) < 4.78 is 0. The molecule has 24 heavy (non-hydrogen) atoms. The van der Waals surface area contributed by atoms with E-state index in [9.17, 15) is 0 Å². The zero-order chi connectivity index (χ0) is 17.4. The van der Waals surface area contributed by atoms with E-state index >= 15 is 0 Å². The SMILES string of the molecule is CC1=CC(C(c2cc(C)cc(C)c2)c2cc(C)cc(C)c2)C=C1C. The van der Waals surface area contributed by atoms with Crippen molar-refractivity contribution in [3.63, 3.8) is 0 Å². The monoisotopic (exact) mass is 316 g/mol. The molecule has 1 aliphatic carbocycles. The van der Waals surface area contributed by atoms with Crippen LogP contribution in [0.25, 0.3) is 0 Å². The molecular weight excluding hydrogens is 288 g/mol. The molecule has 1 aliphatic rings. The van der Waals surface area contributed by atoms with Crippen LogP contribution >= 0.6 is 0 Å². The van der Waals surface area contributed by atoms with Gasteiger partial charge in [0.05, 0.1) is 0 Å². The molecule has 0 amide bonds. The van der Waals surface area contributed by atoms with Gasteiger partial charge in [0.15, 0.2) is 0 Å². The van der Waals surface area contributed by atoms with Crippen LogP contribution in [-0.2, 0) is 0 Å². The third-order valence-electron chi connectivity index (χ3n) is 5.10. The van der Waals surface area contributed by atoms with E-state index < -0.39 is 0 Å². The third-order valence-corrected chi connectivity index (χ3v) is 5.10. The third kappa shape index (κ3) is 3.38. The number of benzene rings is 2. The van der Waals surface area contributed by atoms with Crippen molar-refractivity contribution in [2.75, 3.05) is 0 Å². The van der Waals surface area contributed by atoms with E-state index in [0.29, 0.717) is 11.8 Å². The average Bonchev–Trinajstić information content (AvgIpc) is 2.76. The lowest BCUT2D eigenvalue weighted by Gasteiger charge is -2.24. The number of aryl methyl sites for hydroxylation is 4. The summed E-state index contributed by atoms with van der Waals surface area (Å²) in [6, 6.07) is 14.0. The molecule has 0 aromatic heterocycles. The maximum atomic E-state index is 2.44. The van der Waals surface area contributed by atoms with Gasteiger partial charge in [0, 0.05) is 11.8 Å². The van der Waals surface area contributed by atoms with Gasteiger partial charge in [-0.25, -0.2) is 0 Å². The molecule has 0 atom stereocenters. The van der Waals surface area contributed by atoms with Gasteiger partial charge in [-0.15, -0.1) is 0 Å². The Morgan fingerprint density at radius 3 is 1.21 bits per heavy atom. The van der Waals surface area contributed by atoms with Gasteiger partial charge in [-0.05, 0) is 52.7 Å². The van der Waals surface area contributed by atoms with Gasteiger partial charge in [-0.2, -0.15) is 0 Å². The summed E-state index contributed by atoms with van der Waals surface area (Å²) in [7, 11) is 0. The van der Waals surface area contributed by atoms with Crippen molar-refractivity contribution in [3.05, 3.63) is 93.1 Å². The highest BCUT2D eigenvalue weighted by molar-refractivity contribution is 5.46. The van der Waals surface area contributed by atoms with Gasteiger partial charge in [-0.3, -0.25) is 0 Å². The molecule has 0 N–H and O–H groups in total. The fourth-order valence-corrected chi connectivity index (χ4v) is 4.10. The van der Waals surface area contributed by atoms with Gasteiger partial charge in [0.2, 0.25) is 0 Å². The molecule has 2 aromatic rings. The first-order valence-electron chi connectivity index (χ1n) is 8.87. The van der Waals surface area contributed by atoms with Crippen molar-refractivity contribution >= 4 is 0 Å². The minimum Gasteiger partial charge on any atom is -0.0735 e. The number of rotatable bonds is 3. The molecule has 0 unspecified atom stereocenters. The summed E-state index contributed by atoms with van der Waals surface area (Å²) in [6.45, 7) is 13.3. The zero-order valence-electron chi connectivity index (χ0n) is 15.8. The predicted octanol–water partition coefficient (Wildman–Crippen LogP) is 6.57. The smallest absolute Gasteiger partial charge is 0.0188 e. The zero-order valence-corrected chi connectivity index (χ0v) is 15.8. The van der Waals surface area contributed by atoms with Crippen LogP contribution in [0.1, 0.15) is 53.1 Å². The second-order valence-electron chi connectivity index (χ2n) is 7.60. The Balaban J connectivity index is 2.18. The normalized spacial score (nSPS) is 15.0. The fraction of sp³-hybridized carbons (Fsp3) is 0.333. The predicted molar refractivity (Wildman–Crippen MR) is 105 cm³/mol. The molecule has 0 saturated carbocycles. The number of hydrogen-bond acceptors (Lipinski definition) is 0. The first-order valence-corrected chi connectivity index (χ1v) is 8.87. The molecule has 0 radical (unpaired) electrons. The van der Waals surface area contributed by atoms with E-state index in [4.69, 9.17) is 0 Å². The van der Waals surface area contributed by atoms with Crippen LogP contribution in [0.15, 0.2) is 59.7 Å². The van der Waals surface area contributed by atoms with Crippen molar-refractivity contribution in [2.45, 2.75) is 47.5 Å². The highest BCUT2D eigenvalue weighted by atomic mass is 14.3. The Morgan fingerprint density at radius 2 is 0.875 bits per heavy atom. The molecule has 124 valence electrons. The molecule has 3 rings (SSSR count). The Labute approximate surface area is 146 Å². The van der Waals surface area contributed by atoms with Crippen molar-refractivity contribution in [2.24, 2.45) is 5.92 Å². The Hall–Kier alpha value is -2.08. The minimum absolute atomic E-state index is 0.384. The highest BCUT2D eigenvalue weighted by Crippen LogP contribution is 2.40. The minimum atomic E-state index is 0.384. The standard InChI is InChI=1S/C24H28/c1-15-7-16(2)10-21(9-15)24(23-13-19(5)20(6)14-23)22-11-17(3)8-18(4)12-22/h7-14,23-24H,1-6H3. The molecule has 0 saturated heterocycles. The van der Waals surface area contributed by atoms with E-state index in [0.717, 1.165) is 0 Å². The Kier molecular flexibility index (Phi) is 4.49. The van der Waals surface area contributed by atoms with Crippen LogP contribution in [0, 0.1) is 33.6 Å². The fourth-order valence-electron chi connectivity index (χ4n) is 4.10. The average molecular weight is 316 g/mol. The highest BCUT2D eigenvalue weighted by Gasteiger charge is 2.26. The van der Waals surface area contributed by atoms with E-state index in [2.05, 4.69) is 90.1 Å². The van der Waals surface area contributed by atoms with Gasteiger partial charge in [0.25, 0.3) is 0 Å². The molecule has 0 heteroatoms. The second kappa shape index (κ2) is 6.43. The summed E-state index contributed by atoms with van der Waals surface area (Å²) in [4.78, 5) is 0. The Morgan fingerprint density at radius 1 is 0.542 bits per heavy atom. The molecule has 0 spiro atoms. The van der Waals surface area contributed by atoms with Crippen LogP contribution in [0.4, 0.5) is 0 Å². The Bertz CT molecular complexity index is 723. The topological polar surface area (TPSA) is 0 Å². The summed E-state index contributed by atoms with van der Waals surface area (Å²) in [5, 5.41) is 0. The summed E-state index contributed by atoms with van der Waals surface area (Å²) in [6.07, 6.45) is 4.88. The summed E-state index contributed by atoms with van der Waals surface area (Å²) >= 11 is 0. The molecule has 0 bridgehead atoms. The van der Waals surface area contributed by atoms with Gasteiger partial charge < -0.3 is 0 Å². The molecule has 0 aliphatic heterocycles. The van der Waals surface area contributed by atoms with Crippen molar-refractivity contribution in [3.8, 4) is 0 Å². The van der Waals surface area contributed by atoms with Crippen LogP contribution in [-0.4, -0.2) is 0 Å². The lowest BCUT2D eigenvalue weighted by molar-refractivity contribution is 0.688. The summed E-state index contributed by atoms with van der Waals surface area (Å²) in [5.41, 5.74) is 11.1. The van der Waals surface area contributed by atoms with E-state index in [1.54, 1.807) is 0 Å². The molecule has 0 fully saturated rings. The maximum Gasteiger partial charge on any atom is 0.0188 e. The number of allylic oxidation sites excluding steroid dienone is 4. The first-order chi connectivity index (χ1) is 11.3. The second-order valence-corrected chi connectivity index (χ2v) is 7.60. The molecule has 0 nitrogen and oxygen atoms in total.